The smallest absolute Gasteiger partial charge is 0.340 e. The van der Waals surface area contributed by atoms with Gasteiger partial charge in [-0.3, -0.25) is 10.1 Å². The summed E-state index contributed by atoms with van der Waals surface area (Å²) in [5.74, 6) is -0.598. The van der Waals surface area contributed by atoms with Crippen molar-refractivity contribution in [2.24, 2.45) is 0 Å². The number of aromatic nitrogens is 2. The van der Waals surface area contributed by atoms with Gasteiger partial charge >= 0.3 is 17.3 Å². The summed E-state index contributed by atoms with van der Waals surface area (Å²) >= 11 is 3.37. The number of ether oxygens (including phenoxy) is 1. The Morgan fingerprint density at radius 3 is 2.61 bits per heavy atom. The molecule has 4 aromatic rings. The first kappa shape index (κ1) is 20.6. The van der Waals surface area contributed by atoms with Gasteiger partial charge in [-0.15, -0.1) is 0 Å². The van der Waals surface area contributed by atoms with E-state index in [2.05, 4.69) is 25.9 Å². The molecule has 0 spiro atoms. The minimum absolute atomic E-state index is 0.0317. The van der Waals surface area contributed by atoms with E-state index < -0.39 is 22.1 Å². The molecule has 10 heteroatoms. The number of alkyl halides is 1. The highest BCUT2D eigenvalue weighted by Gasteiger charge is 2.21. The summed E-state index contributed by atoms with van der Waals surface area (Å²) in [7, 11) is 0. The number of fused-ring (bicyclic) bond motifs is 1. The fraction of sp³-hybridized carbons (Fsp3) is 0.0952. The van der Waals surface area contributed by atoms with Crippen LogP contribution in [0.5, 0.6) is 11.8 Å². The van der Waals surface area contributed by atoms with Gasteiger partial charge in [0.1, 0.15) is 11.3 Å². The van der Waals surface area contributed by atoms with E-state index in [0.717, 1.165) is 6.07 Å². The quantitative estimate of drug-likeness (QED) is 0.165. The number of hydrogen-bond donors (Lipinski definition) is 0. The number of hydrogen-bond acceptors (Lipinski definition) is 7. The van der Waals surface area contributed by atoms with E-state index in [1.807, 2.05) is 0 Å². The van der Waals surface area contributed by atoms with E-state index in [4.69, 9.17) is 9.15 Å². The van der Waals surface area contributed by atoms with Crippen LogP contribution in [0.2, 0.25) is 0 Å². The first-order valence-corrected chi connectivity index (χ1v) is 10.1. The zero-order valence-corrected chi connectivity index (χ0v) is 17.3. The topological polar surface area (TPSA) is 108 Å². The summed E-state index contributed by atoms with van der Waals surface area (Å²) in [6.07, 6.45) is 2.92. The maximum atomic E-state index is 14.5. The zero-order valence-electron chi connectivity index (χ0n) is 15.7. The minimum atomic E-state index is -0.973. The van der Waals surface area contributed by atoms with Crippen molar-refractivity contribution in [3.8, 4) is 11.8 Å². The van der Waals surface area contributed by atoms with Crippen molar-refractivity contribution in [1.82, 2.24) is 9.97 Å². The summed E-state index contributed by atoms with van der Waals surface area (Å²) in [5.41, 5.74) is -0.196. The molecule has 2 heterocycles. The lowest BCUT2D eigenvalue weighted by atomic mass is 9.99. The molecular formula is C21H13BrFN3O5. The van der Waals surface area contributed by atoms with Gasteiger partial charge in [0.2, 0.25) is 5.82 Å². The maximum absolute atomic E-state index is 14.5. The lowest BCUT2D eigenvalue weighted by Crippen LogP contribution is -2.13. The van der Waals surface area contributed by atoms with Gasteiger partial charge in [-0.2, -0.15) is 4.39 Å². The Morgan fingerprint density at radius 1 is 1.13 bits per heavy atom. The molecular weight excluding hydrogens is 473 g/mol. The normalized spacial score (nSPS) is 10.9. The predicted octanol–water partition coefficient (Wildman–Crippen LogP) is 4.91. The summed E-state index contributed by atoms with van der Waals surface area (Å²) < 4.78 is 25.6. The van der Waals surface area contributed by atoms with Crippen LogP contribution in [0.1, 0.15) is 16.7 Å². The molecule has 4 rings (SSSR count). The first-order chi connectivity index (χ1) is 15.0. The number of halogens is 2. The average Bonchev–Trinajstić information content (AvgIpc) is 2.76. The van der Waals surface area contributed by atoms with E-state index in [1.54, 1.807) is 18.2 Å². The third kappa shape index (κ3) is 4.15. The van der Waals surface area contributed by atoms with Crippen LogP contribution in [0.4, 0.5) is 10.1 Å². The minimum Gasteiger partial charge on any atom is -0.424 e. The molecule has 156 valence electrons. The molecule has 0 aliphatic heterocycles. The third-order valence-corrected chi connectivity index (χ3v) is 5.16. The molecule has 0 bridgehead atoms. The highest BCUT2D eigenvalue weighted by Crippen LogP contribution is 2.30. The van der Waals surface area contributed by atoms with E-state index in [9.17, 15) is 19.3 Å². The number of nitrogens with zero attached hydrogens (tertiary/aromatic N) is 3. The van der Waals surface area contributed by atoms with E-state index in [-0.39, 0.29) is 29.1 Å². The van der Waals surface area contributed by atoms with Gasteiger partial charge in [0.05, 0.1) is 4.92 Å². The van der Waals surface area contributed by atoms with Crippen LogP contribution in [0.15, 0.2) is 64.1 Å². The molecule has 0 radical (unpaired) electrons. The zero-order chi connectivity index (χ0) is 22.0. The Hall–Kier alpha value is -3.66. The molecule has 31 heavy (non-hydrogen) atoms. The van der Waals surface area contributed by atoms with Crippen molar-refractivity contribution in [1.29, 1.82) is 0 Å². The van der Waals surface area contributed by atoms with Crippen molar-refractivity contribution >= 4 is 32.6 Å². The Morgan fingerprint density at radius 2 is 1.90 bits per heavy atom. The highest BCUT2D eigenvalue weighted by molar-refractivity contribution is 9.08. The Kier molecular flexibility index (Phi) is 5.72. The lowest BCUT2D eigenvalue weighted by molar-refractivity contribution is -0.387. The van der Waals surface area contributed by atoms with Crippen molar-refractivity contribution in [2.45, 2.75) is 11.8 Å². The average molecular weight is 486 g/mol. The van der Waals surface area contributed by atoms with Gasteiger partial charge < -0.3 is 9.15 Å². The Balaban J connectivity index is 1.76. The van der Waals surface area contributed by atoms with Crippen molar-refractivity contribution < 1.29 is 18.5 Å². The molecule has 0 saturated carbocycles. The van der Waals surface area contributed by atoms with Gasteiger partial charge in [-0.25, -0.2) is 14.8 Å². The van der Waals surface area contributed by atoms with Crippen LogP contribution in [0.3, 0.4) is 0 Å². The molecule has 0 unspecified atom stereocenters. The molecule has 0 aliphatic carbocycles. The Bertz CT molecular complexity index is 1340. The largest absolute Gasteiger partial charge is 0.424 e. The summed E-state index contributed by atoms with van der Waals surface area (Å²) in [5, 5.41) is 11.9. The van der Waals surface area contributed by atoms with Gasteiger partial charge in [0, 0.05) is 47.2 Å². The fourth-order valence-corrected chi connectivity index (χ4v) is 3.80. The highest BCUT2D eigenvalue weighted by atomic mass is 79.9. The van der Waals surface area contributed by atoms with Gasteiger partial charge in [0.25, 0.3) is 0 Å². The van der Waals surface area contributed by atoms with Crippen molar-refractivity contribution in [3.63, 3.8) is 0 Å². The molecule has 0 saturated heterocycles. The molecule has 0 N–H and O–H groups in total. The number of nitro benzene ring substituents is 1. The molecule has 2 aromatic heterocycles. The van der Waals surface area contributed by atoms with Gasteiger partial charge in [-0.1, -0.05) is 28.1 Å². The maximum Gasteiger partial charge on any atom is 0.340 e. The van der Waals surface area contributed by atoms with Crippen LogP contribution in [0.25, 0.3) is 11.0 Å². The fourth-order valence-electron chi connectivity index (χ4n) is 3.16. The number of nitro groups is 1. The van der Waals surface area contributed by atoms with Crippen LogP contribution in [-0.2, 0) is 11.8 Å². The summed E-state index contributed by atoms with van der Waals surface area (Å²) in [4.78, 5) is 30.9. The van der Waals surface area contributed by atoms with E-state index in [0.29, 0.717) is 22.0 Å². The Labute approximate surface area is 182 Å². The second-order valence-corrected chi connectivity index (χ2v) is 7.02. The second-order valence-electron chi connectivity index (χ2n) is 6.46. The predicted molar refractivity (Wildman–Crippen MR) is 113 cm³/mol. The standard InChI is InChI=1S/C21H13BrFN3O5/c22-11-16-14-6-5-13(30-21-24-7-2-8-25-21)10-18(14)31-20(27)15(16)9-12-3-1-4-17(19(12)23)26(28)29/h1-8,10H,9,11H2. The van der Waals surface area contributed by atoms with Gasteiger partial charge in [-0.05, 0) is 29.3 Å². The second kappa shape index (κ2) is 8.60. The molecule has 0 fully saturated rings. The van der Waals surface area contributed by atoms with Crippen molar-refractivity contribution in [3.05, 3.63) is 97.9 Å². The summed E-state index contributed by atoms with van der Waals surface area (Å²) in [6.45, 7) is 0. The molecule has 2 aromatic carbocycles. The van der Waals surface area contributed by atoms with E-state index >= 15 is 0 Å². The molecule has 0 atom stereocenters. The lowest BCUT2D eigenvalue weighted by Gasteiger charge is -2.11. The number of rotatable bonds is 6. The monoisotopic (exact) mass is 485 g/mol. The van der Waals surface area contributed by atoms with Crippen LogP contribution in [-0.4, -0.2) is 14.9 Å². The van der Waals surface area contributed by atoms with E-state index in [1.165, 1.54) is 30.6 Å². The molecule has 0 aliphatic rings. The van der Waals surface area contributed by atoms with Crippen LogP contribution in [0, 0.1) is 15.9 Å². The molecule has 0 amide bonds. The third-order valence-electron chi connectivity index (χ3n) is 4.60. The van der Waals surface area contributed by atoms with Crippen molar-refractivity contribution in [2.75, 3.05) is 0 Å². The first-order valence-electron chi connectivity index (χ1n) is 8.99. The molecule has 8 nitrogen and oxygen atoms in total. The number of benzene rings is 2. The SMILES string of the molecule is O=c1oc2cc(Oc3ncccn3)ccc2c(CBr)c1Cc1cccc([N+](=O)[O-])c1F. The van der Waals surface area contributed by atoms with Crippen LogP contribution >= 0.6 is 15.9 Å². The van der Waals surface area contributed by atoms with Crippen LogP contribution < -0.4 is 10.4 Å². The summed E-state index contributed by atoms with van der Waals surface area (Å²) in [6, 6.07) is 10.6. The van der Waals surface area contributed by atoms with Gasteiger partial charge in [0.15, 0.2) is 0 Å².